The van der Waals surface area contributed by atoms with Crippen LogP contribution < -0.4 is 0 Å². The van der Waals surface area contributed by atoms with Crippen LogP contribution in [0.4, 0.5) is 5.69 Å². The van der Waals surface area contributed by atoms with Gasteiger partial charge in [0.2, 0.25) is 0 Å². The molecule has 2 fully saturated rings. The first-order valence-corrected chi connectivity index (χ1v) is 11.1. The Bertz CT molecular complexity index is 902. The van der Waals surface area contributed by atoms with E-state index < -0.39 is 4.92 Å². The van der Waals surface area contributed by atoms with E-state index in [2.05, 4.69) is 16.7 Å². The van der Waals surface area contributed by atoms with Gasteiger partial charge in [0.05, 0.1) is 23.7 Å². The molecule has 0 saturated carbocycles. The Hall–Kier alpha value is -2.82. The molecule has 1 aromatic carbocycles. The lowest BCUT2D eigenvalue weighted by molar-refractivity contribution is -0.384. The molecule has 10 heteroatoms. The lowest BCUT2D eigenvalue weighted by atomic mass is 10.0. The molecule has 0 bridgehead atoms. The van der Waals surface area contributed by atoms with Crippen LogP contribution in [0.5, 0.6) is 0 Å². The fraction of sp³-hybridized carbons (Fsp3) is 0.545. The zero-order valence-corrected chi connectivity index (χ0v) is 18.4. The average molecular weight is 444 g/mol. The van der Waals surface area contributed by atoms with Gasteiger partial charge >= 0.3 is 0 Å². The van der Waals surface area contributed by atoms with Crippen LogP contribution in [0.15, 0.2) is 30.0 Å². The number of amides is 2. The van der Waals surface area contributed by atoms with Gasteiger partial charge in [0.1, 0.15) is 5.70 Å². The van der Waals surface area contributed by atoms with Crippen LogP contribution in [-0.4, -0.2) is 108 Å². The van der Waals surface area contributed by atoms with Crippen molar-refractivity contribution in [2.24, 2.45) is 0 Å². The van der Waals surface area contributed by atoms with Gasteiger partial charge in [-0.3, -0.25) is 29.5 Å². The van der Waals surface area contributed by atoms with E-state index in [0.29, 0.717) is 56.2 Å². The van der Waals surface area contributed by atoms with E-state index in [4.69, 9.17) is 4.74 Å². The zero-order chi connectivity index (χ0) is 22.7. The second kappa shape index (κ2) is 9.76. The smallest absolute Gasteiger partial charge is 0.277 e. The number of benzene rings is 1. The van der Waals surface area contributed by atoms with Crippen molar-refractivity contribution in [2.75, 3.05) is 72.1 Å². The summed E-state index contributed by atoms with van der Waals surface area (Å²) in [6.07, 6.45) is 0. The van der Waals surface area contributed by atoms with Crippen molar-refractivity contribution in [1.29, 1.82) is 0 Å². The first kappa shape index (κ1) is 22.4. The number of hydrogen-bond donors (Lipinski definition) is 0. The number of nitro groups is 1. The van der Waals surface area contributed by atoms with Gasteiger partial charge in [-0.25, -0.2) is 0 Å². The number of non-ortho nitro benzene ring substituents is 1. The molecular formula is C22H29N5O5. The van der Waals surface area contributed by atoms with Crippen LogP contribution in [-0.2, 0) is 14.3 Å². The van der Waals surface area contributed by atoms with Gasteiger partial charge in [0.25, 0.3) is 17.5 Å². The van der Waals surface area contributed by atoms with Crippen LogP contribution in [0.2, 0.25) is 0 Å². The molecule has 0 spiro atoms. The molecule has 10 nitrogen and oxygen atoms in total. The van der Waals surface area contributed by atoms with Crippen molar-refractivity contribution in [2.45, 2.75) is 6.92 Å². The highest BCUT2D eigenvalue weighted by Gasteiger charge is 2.42. The number of carbonyl (C=O) groups excluding carboxylic acids is 2. The number of nitrogens with zero attached hydrogens (tertiary/aromatic N) is 5. The third-order valence-electron chi connectivity index (χ3n) is 6.39. The maximum atomic E-state index is 13.4. The minimum absolute atomic E-state index is 0.0478. The number of hydrogen-bond acceptors (Lipinski definition) is 8. The van der Waals surface area contributed by atoms with Crippen molar-refractivity contribution < 1.29 is 19.2 Å². The van der Waals surface area contributed by atoms with Crippen molar-refractivity contribution in [3.63, 3.8) is 0 Å². The van der Waals surface area contributed by atoms with Gasteiger partial charge in [0.15, 0.2) is 0 Å². The van der Waals surface area contributed by atoms with E-state index in [1.54, 1.807) is 12.1 Å². The second-order valence-corrected chi connectivity index (χ2v) is 8.16. The molecule has 3 heterocycles. The van der Waals surface area contributed by atoms with Gasteiger partial charge in [-0.05, 0) is 24.2 Å². The molecule has 1 aromatic rings. The van der Waals surface area contributed by atoms with E-state index in [0.717, 1.165) is 32.7 Å². The number of ether oxygens (including phenoxy) is 1. The molecule has 0 aliphatic carbocycles. The zero-order valence-electron chi connectivity index (χ0n) is 18.4. The normalized spacial score (nSPS) is 21.0. The molecule has 3 aliphatic rings. The fourth-order valence-electron chi connectivity index (χ4n) is 4.42. The molecule has 2 amide bonds. The van der Waals surface area contributed by atoms with Crippen LogP contribution in [0.1, 0.15) is 12.5 Å². The lowest BCUT2D eigenvalue weighted by Gasteiger charge is -2.36. The van der Waals surface area contributed by atoms with Gasteiger partial charge < -0.3 is 14.5 Å². The Kier molecular flexibility index (Phi) is 6.83. The van der Waals surface area contributed by atoms with Crippen molar-refractivity contribution in [3.05, 3.63) is 45.6 Å². The quantitative estimate of drug-likeness (QED) is 0.344. The van der Waals surface area contributed by atoms with Crippen LogP contribution in [0.25, 0.3) is 5.57 Å². The number of rotatable bonds is 7. The van der Waals surface area contributed by atoms with E-state index >= 15 is 0 Å². The molecule has 3 aliphatic heterocycles. The summed E-state index contributed by atoms with van der Waals surface area (Å²) >= 11 is 0. The van der Waals surface area contributed by atoms with Crippen LogP contribution in [0.3, 0.4) is 0 Å². The topological polar surface area (TPSA) is 99.5 Å². The Morgan fingerprint density at radius 1 is 0.906 bits per heavy atom. The predicted octanol–water partition coefficient (Wildman–Crippen LogP) is 0.644. The first-order valence-electron chi connectivity index (χ1n) is 11.1. The molecule has 0 N–H and O–H groups in total. The van der Waals surface area contributed by atoms with Crippen LogP contribution >= 0.6 is 0 Å². The summed E-state index contributed by atoms with van der Waals surface area (Å²) < 4.78 is 5.37. The molecule has 0 radical (unpaired) electrons. The third kappa shape index (κ3) is 4.52. The Balaban J connectivity index is 1.60. The van der Waals surface area contributed by atoms with E-state index in [1.807, 2.05) is 4.90 Å². The van der Waals surface area contributed by atoms with Gasteiger partial charge in [-0.15, -0.1) is 0 Å². The summed E-state index contributed by atoms with van der Waals surface area (Å²) in [6, 6.07) is 5.88. The number of piperazine rings is 1. The molecule has 32 heavy (non-hydrogen) atoms. The van der Waals surface area contributed by atoms with E-state index in [1.165, 1.54) is 17.0 Å². The lowest BCUT2D eigenvalue weighted by Crippen LogP contribution is -2.48. The van der Waals surface area contributed by atoms with Gasteiger partial charge in [0, 0.05) is 64.5 Å². The van der Waals surface area contributed by atoms with E-state index in [9.17, 15) is 19.7 Å². The van der Waals surface area contributed by atoms with Crippen LogP contribution in [0, 0.1) is 10.1 Å². The maximum absolute atomic E-state index is 13.4. The highest BCUT2D eigenvalue weighted by molar-refractivity contribution is 6.35. The summed E-state index contributed by atoms with van der Waals surface area (Å²) in [6.45, 7) is 9.81. The number of carbonyl (C=O) groups is 2. The number of nitro benzene ring substituents is 1. The molecule has 4 rings (SSSR count). The highest BCUT2D eigenvalue weighted by atomic mass is 16.6. The standard InChI is InChI=1S/C22H29N5O5/c1-2-23-7-10-25(11-8-23)20-19(17-3-5-18(6-4-17)27(30)31)21(28)26(22(20)29)12-9-24-13-15-32-16-14-24/h3-6H,2,7-16H2,1H3. The monoisotopic (exact) mass is 443 g/mol. The van der Waals surface area contributed by atoms with Gasteiger partial charge in [-0.1, -0.05) is 6.92 Å². The minimum atomic E-state index is -0.473. The molecule has 0 unspecified atom stereocenters. The molecule has 172 valence electrons. The number of likely N-dealkylation sites (N-methyl/N-ethyl adjacent to an activating group) is 1. The predicted molar refractivity (Wildman–Crippen MR) is 118 cm³/mol. The Morgan fingerprint density at radius 2 is 1.56 bits per heavy atom. The molecule has 2 saturated heterocycles. The highest BCUT2D eigenvalue weighted by Crippen LogP contribution is 2.33. The third-order valence-corrected chi connectivity index (χ3v) is 6.39. The second-order valence-electron chi connectivity index (χ2n) is 8.16. The van der Waals surface area contributed by atoms with Crippen molar-refractivity contribution in [1.82, 2.24) is 19.6 Å². The molecule has 0 aromatic heterocycles. The van der Waals surface area contributed by atoms with Crippen molar-refractivity contribution >= 4 is 23.1 Å². The Morgan fingerprint density at radius 3 is 2.16 bits per heavy atom. The number of morpholine rings is 1. The molecule has 0 atom stereocenters. The largest absolute Gasteiger partial charge is 0.379 e. The minimum Gasteiger partial charge on any atom is -0.379 e. The fourth-order valence-corrected chi connectivity index (χ4v) is 4.42. The Labute approximate surface area is 187 Å². The summed E-state index contributed by atoms with van der Waals surface area (Å²) in [4.78, 5) is 45.2. The summed E-state index contributed by atoms with van der Waals surface area (Å²) in [5, 5.41) is 11.0. The first-order chi connectivity index (χ1) is 15.5. The summed E-state index contributed by atoms with van der Waals surface area (Å²) in [7, 11) is 0. The van der Waals surface area contributed by atoms with Crippen molar-refractivity contribution in [3.8, 4) is 0 Å². The van der Waals surface area contributed by atoms with Gasteiger partial charge in [-0.2, -0.15) is 0 Å². The summed E-state index contributed by atoms with van der Waals surface area (Å²) in [5.41, 5.74) is 1.25. The number of imide groups is 1. The maximum Gasteiger partial charge on any atom is 0.277 e. The summed E-state index contributed by atoms with van der Waals surface area (Å²) in [5.74, 6) is -0.605. The molecular weight excluding hydrogens is 414 g/mol. The van der Waals surface area contributed by atoms with E-state index in [-0.39, 0.29) is 17.5 Å². The SMILES string of the molecule is CCN1CCN(C2=C(c3ccc([N+](=O)[O-])cc3)C(=O)N(CCN3CCOCC3)C2=O)CC1. The average Bonchev–Trinajstić information content (AvgIpc) is 3.08.